The molecule has 0 unspecified atom stereocenters. The van der Waals surface area contributed by atoms with Crippen molar-refractivity contribution in [3.05, 3.63) is 24.3 Å². The first kappa shape index (κ1) is 16.8. The highest BCUT2D eigenvalue weighted by molar-refractivity contribution is 5.77. The number of primary amides is 1. The topological polar surface area (TPSA) is 102 Å². The highest BCUT2D eigenvalue weighted by Crippen LogP contribution is 2.17. The zero-order valence-electron chi connectivity index (χ0n) is 11.9. The number of benzene rings is 1. The van der Waals surface area contributed by atoms with E-state index in [1.54, 1.807) is 24.3 Å². The number of carbonyl (C=O) groups is 2. The molecular weight excluding hydrogens is 276 g/mol. The molecule has 0 fully saturated rings. The number of carbonyl (C=O) groups excluding carboxylic acids is 1. The van der Waals surface area contributed by atoms with Crippen LogP contribution in [0.1, 0.15) is 6.92 Å². The van der Waals surface area contributed by atoms with Crippen molar-refractivity contribution in [3.8, 4) is 11.5 Å². The molecule has 1 amide bonds. The van der Waals surface area contributed by atoms with Crippen LogP contribution in [0, 0.1) is 0 Å². The maximum atomic E-state index is 10.9. The number of ether oxygens (including phenoxy) is 2. The Hall–Kier alpha value is -2.28. The van der Waals surface area contributed by atoms with Crippen molar-refractivity contribution in [2.75, 3.05) is 32.8 Å². The Balaban J connectivity index is 2.41. The molecule has 1 aromatic rings. The third-order valence-corrected chi connectivity index (χ3v) is 2.55. The Labute approximate surface area is 123 Å². The lowest BCUT2D eigenvalue weighted by Crippen LogP contribution is -2.39. The van der Waals surface area contributed by atoms with Gasteiger partial charge in [0.2, 0.25) is 5.91 Å². The lowest BCUT2D eigenvalue weighted by Gasteiger charge is -2.18. The van der Waals surface area contributed by atoms with Gasteiger partial charge in [0.05, 0.1) is 19.7 Å². The standard InChI is InChI=1S/C14H20N2O5/c1-2-20-11-3-5-12(6-4-11)21-8-7-16(9-13(15)17)10-14(18)19/h3-6H,2,7-10H2,1H3,(H2,15,17)(H,18,19). The molecule has 0 aliphatic heterocycles. The predicted octanol–water partition coefficient (Wildman–Crippen LogP) is 0.336. The van der Waals surface area contributed by atoms with Crippen molar-refractivity contribution in [2.45, 2.75) is 6.92 Å². The second kappa shape index (κ2) is 8.80. The fourth-order valence-corrected chi connectivity index (χ4v) is 1.72. The summed E-state index contributed by atoms with van der Waals surface area (Å²) in [4.78, 5) is 22.9. The third kappa shape index (κ3) is 7.17. The van der Waals surface area contributed by atoms with Crippen LogP contribution in [0.2, 0.25) is 0 Å². The zero-order chi connectivity index (χ0) is 15.7. The molecule has 7 nitrogen and oxygen atoms in total. The van der Waals surface area contributed by atoms with Crippen molar-refractivity contribution in [2.24, 2.45) is 5.73 Å². The van der Waals surface area contributed by atoms with Gasteiger partial charge in [-0.05, 0) is 31.2 Å². The minimum atomic E-state index is -1.02. The number of carboxylic acid groups (broad SMARTS) is 1. The van der Waals surface area contributed by atoms with Crippen LogP contribution in [0.5, 0.6) is 11.5 Å². The minimum Gasteiger partial charge on any atom is -0.494 e. The average molecular weight is 296 g/mol. The van der Waals surface area contributed by atoms with Crippen LogP contribution in [0.3, 0.4) is 0 Å². The summed E-state index contributed by atoms with van der Waals surface area (Å²) in [6.07, 6.45) is 0. The first-order valence-electron chi connectivity index (χ1n) is 6.59. The van der Waals surface area contributed by atoms with Gasteiger partial charge in [-0.25, -0.2) is 0 Å². The van der Waals surface area contributed by atoms with E-state index in [1.807, 2.05) is 6.92 Å². The maximum absolute atomic E-state index is 10.9. The van der Waals surface area contributed by atoms with Gasteiger partial charge in [0.15, 0.2) is 0 Å². The monoisotopic (exact) mass is 296 g/mol. The van der Waals surface area contributed by atoms with Gasteiger partial charge in [-0.3, -0.25) is 14.5 Å². The largest absolute Gasteiger partial charge is 0.494 e. The number of nitrogens with two attached hydrogens (primary N) is 1. The van der Waals surface area contributed by atoms with Crippen molar-refractivity contribution < 1.29 is 24.2 Å². The van der Waals surface area contributed by atoms with Crippen LogP contribution in [0.25, 0.3) is 0 Å². The van der Waals surface area contributed by atoms with E-state index in [2.05, 4.69) is 0 Å². The van der Waals surface area contributed by atoms with Gasteiger partial charge in [-0.1, -0.05) is 0 Å². The highest BCUT2D eigenvalue weighted by Gasteiger charge is 2.12. The Morgan fingerprint density at radius 3 is 2.19 bits per heavy atom. The molecule has 0 aliphatic rings. The molecule has 0 saturated heterocycles. The van der Waals surface area contributed by atoms with Gasteiger partial charge >= 0.3 is 5.97 Å². The fourth-order valence-electron chi connectivity index (χ4n) is 1.72. The molecule has 0 saturated carbocycles. The molecule has 0 radical (unpaired) electrons. The molecule has 1 rings (SSSR count). The number of carboxylic acids is 1. The second-order valence-corrected chi connectivity index (χ2v) is 4.32. The average Bonchev–Trinajstić information content (AvgIpc) is 2.39. The summed E-state index contributed by atoms with van der Waals surface area (Å²) < 4.78 is 10.8. The highest BCUT2D eigenvalue weighted by atomic mass is 16.5. The van der Waals surface area contributed by atoms with Crippen LogP contribution in [0.4, 0.5) is 0 Å². The molecule has 0 aliphatic carbocycles. The smallest absolute Gasteiger partial charge is 0.317 e. The van der Waals surface area contributed by atoms with Crippen LogP contribution in [0.15, 0.2) is 24.3 Å². The van der Waals surface area contributed by atoms with Gasteiger partial charge in [0.1, 0.15) is 18.1 Å². The molecule has 116 valence electrons. The lowest BCUT2D eigenvalue weighted by atomic mass is 10.3. The number of amides is 1. The van der Waals surface area contributed by atoms with Gasteiger partial charge in [0, 0.05) is 6.54 Å². The minimum absolute atomic E-state index is 0.112. The zero-order valence-corrected chi connectivity index (χ0v) is 11.9. The number of rotatable bonds is 10. The molecule has 1 aromatic carbocycles. The van der Waals surface area contributed by atoms with E-state index >= 15 is 0 Å². The van der Waals surface area contributed by atoms with E-state index in [9.17, 15) is 9.59 Å². The van der Waals surface area contributed by atoms with E-state index < -0.39 is 11.9 Å². The summed E-state index contributed by atoms with van der Waals surface area (Å²) in [5, 5.41) is 8.75. The molecule has 0 heterocycles. The van der Waals surface area contributed by atoms with Crippen LogP contribution >= 0.6 is 0 Å². The van der Waals surface area contributed by atoms with Crippen LogP contribution in [-0.4, -0.2) is 54.7 Å². The second-order valence-electron chi connectivity index (χ2n) is 4.32. The summed E-state index contributed by atoms with van der Waals surface area (Å²) in [5.74, 6) is -0.187. The van der Waals surface area contributed by atoms with E-state index in [0.717, 1.165) is 5.75 Å². The molecule has 0 spiro atoms. The van der Waals surface area contributed by atoms with Gasteiger partial charge < -0.3 is 20.3 Å². The Kier molecular flexibility index (Phi) is 7.03. The van der Waals surface area contributed by atoms with Crippen molar-refractivity contribution in [3.63, 3.8) is 0 Å². The number of aliphatic carboxylic acids is 1. The summed E-state index contributed by atoms with van der Waals surface area (Å²) in [5.41, 5.74) is 5.07. The summed E-state index contributed by atoms with van der Waals surface area (Å²) >= 11 is 0. The SMILES string of the molecule is CCOc1ccc(OCCN(CC(N)=O)CC(=O)O)cc1. The normalized spacial score (nSPS) is 10.4. The van der Waals surface area contributed by atoms with Crippen LogP contribution in [-0.2, 0) is 9.59 Å². The van der Waals surface area contributed by atoms with Gasteiger partial charge in [0.25, 0.3) is 0 Å². The molecule has 0 atom stereocenters. The maximum Gasteiger partial charge on any atom is 0.317 e. The van der Waals surface area contributed by atoms with E-state index in [4.69, 9.17) is 20.3 Å². The molecule has 7 heteroatoms. The summed E-state index contributed by atoms with van der Waals surface area (Å²) in [6, 6.07) is 7.11. The van der Waals surface area contributed by atoms with Gasteiger partial charge in [-0.15, -0.1) is 0 Å². The third-order valence-electron chi connectivity index (χ3n) is 2.55. The Morgan fingerprint density at radius 2 is 1.71 bits per heavy atom. The molecule has 3 N–H and O–H groups in total. The summed E-state index contributed by atoms with van der Waals surface area (Å²) in [6.45, 7) is 2.68. The lowest BCUT2D eigenvalue weighted by molar-refractivity contribution is -0.138. The van der Waals surface area contributed by atoms with Gasteiger partial charge in [-0.2, -0.15) is 0 Å². The number of hydrogen-bond acceptors (Lipinski definition) is 5. The Morgan fingerprint density at radius 1 is 1.14 bits per heavy atom. The number of nitrogens with zero attached hydrogens (tertiary/aromatic N) is 1. The summed E-state index contributed by atoms with van der Waals surface area (Å²) in [7, 11) is 0. The first-order valence-corrected chi connectivity index (χ1v) is 6.59. The van der Waals surface area contributed by atoms with Crippen molar-refractivity contribution in [1.29, 1.82) is 0 Å². The van der Waals surface area contributed by atoms with Crippen molar-refractivity contribution in [1.82, 2.24) is 4.90 Å². The quantitative estimate of drug-likeness (QED) is 0.645. The predicted molar refractivity (Wildman–Crippen MR) is 76.4 cm³/mol. The van der Waals surface area contributed by atoms with Crippen LogP contribution < -0.4 is 15.2 Å². The Bertz CT molecular complexity index is 445. The molecule has 21 heavy (non-hydrogen) atoms. The first-order chi connectivity index (χ1) is 10.0. The molecule has 0 bridgehead atoms. The van der Waals surface area contributed by atoms with E-state index in [0.29, 0.717) is 18.9 Å². The molecule has 0 aromatic heterocycles. The van der Waals surface area contributed by atoms with E-state index in [1.165, 1.54) is 4.90 Å². The molecular formula is C14H20N2O5. The number of hydrogen-bond donors (Lipinski definition) is 2. The fraction of sp³-hybridized carbons (Fsp3) is 0.429. The van der Waals surface area contributed by atoms with Crippen molar-refractivity contribution >= 4 is 11.9 Å². The van der Waals surface area contributed by atoms with E-state index in [-0.39, 0.29) is 19.7 Å².